The third-order valence-electron chi connectivity index (χ3n) is 0.654. The zero-order chi connectivity index (χ0) is 11.6. The van der Waals surface area contributed by atoms with Gasteiger partial charge in [-0.1, -0.05) is 8.67 Å². The fourth-order valence-corrected chi connectivity index (χ4v) is 0.875. The predicted octanol–water partition coefficient (Wildman–Crippen LogP) is 0.0394. The molecule has 0 rings (SSSR count). The van der Waals surface area contributed by atoms with Crippen LogP contribution in [0.15, 0.2) is 0 Å². The molecule has 0 aliphatic carbocycles. The van der Waals surface area contributed by atoms with Crippen molar-refractivity contribution >= 4 is 20.2 Å². The predicted molar refractivity (Wildman–Crippen MR) is 32.0 cm³/mol. The minimum Gasteiger partial charge on any atom is -0.191 e. The molecule has 0 aromatic rings. The van der Waals surface area contributed by atoms with E-state index in [1.54, 1.807) is 0 Å². The lowest BCUT2D eigenvalue weighted by Gasteiger charge is -2.02. The van der Waals surface area contributed by atoms with Gasteiger partial charge in [0.1, 0.15) is 0 Å². The van der Waals surface area contributed by atoms with Crippen molar-refractivity contribution in [3.05, 3.63) is 0 Å². The van der Waals surface area contributed by atoms with E-state index in [-0.39, 0.29) is 0 Å². The summed E-state index contributed by atoms with van der Waals surface area (Å²) in [6.45, 7) is 0. The largest absolute Gasteiger partial charge is 0.363 e. The Morgan fingerprint density at radius 2 is 0.929 bits per heavy atom. The number of alkyl halides is 4. The number of halogens is 4. The van der Waals surface area contributed by atoms with Crippen LogP contribution in [0.2, 0.25) is 0 Å². The molecule has 0 heterocycles. The van der Waals surface area contributed by atoms with Crippen LogP contribution in [0.3, 0.4) is 0 Å². The first-order valence-electron chi connectivity index (χ1n) is 2.51. The summed E-state index contributed by atoms with van der Waals surface area (Å²) in [5, 5.41) is 0. The van der Waals surface area contributed by atoms with Crippen molar-refractivity contribution < 1.29 is 43.1 Å². The van der Waals surface area contributed by atoms with E-state index in [0.717, 1.165) is 0 Å². The molecule has 12 heteroatoms. The molecule has 0 aliphatic rings. The molecule has 0 amide bonds. The number of hydrogen-bond acceptors (Lipinski definition) is 6. The topological polar surface area (TPSA) is 86.7 Å². The van der Waals surface area contributed by atoms with Crippen LogP contribution in [0.5, 0.6) is 0 Å². The van der Waals surface area contributed by atoms with E-state index in [0.29, 0.717) is 0 Å². The van der Waals surface area contributed by atoms with Crippen LogP contribution in [-0.4, -0.2) is 28.4 Å². The Hall–Kier alpha value is -0.460. The molecular weight excluding hydrogens is 260 g/mol. The fraction of sp³-hybridized carbons (Fsp3) is 1.00. The van der Waals surface area contributed by atoms with Crippen molar-refractivity contribution in [3.63, 3.8) is 0 Å². The van der Waals surface area contributed by atoms with Gasteiger partial charge >= 0.3 is 31.8 Å². The molecule has 0 saturated heterocycles. The van der Waals surface area contributed by atoms with Crippen molar-refractivity contribution in [1.29, 1.82) is 0 Å². The van der Waals surface area contributed by atoms with Gasteiger partial charge in [0, 0.05) is 0 Å². The van der Waals surface area contributed by atoms with Crippen molar-refractivity contribution in [1.82, 2.24) is 0 Å². The van der Waals surface area contributed by atoms with Crippen LogP contribution in [0.25, 0.3) is 0 Å². The van der Waals surface area contributed by atoms with Crippen molar-refractivity contribution in [2.24, 2.45) is 0 Å². The molecular formula is C2H2F4O6S2. The Morgan fingerprint density at radius 3 is 1.07 bits per heavy atom. The molecule has 0 saturated carbocycles. The monoisotopic (exact) mass is 262 g/mol. The van der Waals surface area contributed by atoms with Gasteiger partial charge in [-0.15, -0.1) is 0 Å². The second-order valence-electron chi connectivity index (χ2n) is 1.64. The van der Waals surface area contributed by atoms with Crippen molar-refractivity contribution in [3.8, 4) is 0 Å². The Labute approximate surface area is 75.6 Å². The van der Waals surface area contributed by atoms with Crippen LogP contribution in [0, 0.1) is 0 Å². The average Bonchev–Trinajstić information content (AvgIpc) is 2.01. The summed E-state index contributed by atoms with van der Waals surface area (Å²) in [6.07, 6.45) is 0. The normalized spacial score (nSPS) is 13.9. The minimum absolute atomic E-state index is 2.67. The zero-order valence-electron chi connectivity index (χ0n) is 5.93. The van der Waals surface area contributed by atoms with Crippen LogP contribution < -0.4 is 0 Å². The van der Waals surface area contributed by atoms with Gasteiger partial charge in [0.15, 0.2) is 0 Å². The van der Waals surface area contributed by atoms with Crippen LogP contribution in [-0.2, 0) is 28.9 Å². The molecule has 14 heavy (non-hydrogen) atoms. The average molecular weight is 262 g/mol. The van der Waals surface area contributed by atoms with Gasteiger partial charge in [0.25, 0.3) is 0 Å². The van der Waals surface area contributed by atoms with Crippen LogP contribution >= 0.6 is 0 Å². The highest BCUT2D eigenvalue weighted by atomic mass is 32.2. The first-order chi connectivity index (χ1) is 6.09. The highest BCUT2D eigenvalue weighted by Crippen LogP contribution is 2.13. The molecule has 86 valence electrons. The van der Waals surface area contributed by atoms with Crippen molar-refractivity contribution in [2.75, 3.05) is 0 Å². The van der Waals surface area contributed by atoms with Crippen LogP contribution in [0.4, 0.5) is 17.6 Å². The zero-order valence-corrected chi connectivity index (χ0v) is 7.57. The molecule has 0 fully saturated rings. The third-order valence-corrected chi connectivity index (χ3v) is 2.13. The SMILES string of the molecule is O=S(=O)(OOS(=O)(=O)C(F)F)C(F)F. The van der Waals surface area contributed by atoms with E-state index < -0.39 is 31.8 Å². The van der Waals surface area contributed by atoms with Gasteiger partial charge in [-0.3, -0.25) is 0 Å². The van der Waals surface area contributed by atoms with E-state index in [2.05, 4.69) is 8.67 Å². The first kappa shape index (κ1) is 13.5. The van der Waals surface area contributed by atoms with Gasteiger partial charge in [-0.25, -0.2) is 0 Å². The quantitative estimate of drug-likeness (QED) is 0.395. The lowest BCUT2D eigenvalue weighted by atomic mass is 11.7. The molecule has 0 bridgehead atoms. The van der Waals surface area contributed by atoms with E-state index in [4.69, 9.17) is 0 Å². The molecule has 0 spiro atoms. The lowest BCUT2D eigenvalue weighted by Crippen LogP contribution is -2.21. The second kappa shape index (κ2) is 4.37. The summed E-state index contributed by atoms with van der Waals surface area (Å²) < 4.78 is 91.0. The van der Waals surface area contributed by atoms with Gasteiger partial charge in [-0.05, 0) is 0 Å². The van der Waals surface area contributed by atoms with E-state index >= 15 is 0 Å². The summed E-state index contributed by atoms with van der Waals surface area (Å²) in [5.41, 5.74) is 0. The maximum absolute atomic E-state index is 11.4. The van der Waals surface area contributed by atoms with Gasteiger partial charge < -0.3 is 0 Å². The summed E-state index contributed by atoms with van der Waals surface area (Å²) in [5.74, 6) is -8.20. The summed E-state index contributed by atoms with van der Waals surface area (Å²) in [6, 6.07) is 0. The number of rotatable bonds is 5. The molecule has 0 atom stereocenters. The smallest absolute Gasteiger partial charge is 0.191 e. The molecule has 0 aromatic carbocycles. The molecule has 0 N–H and O–H groups in total. The maximum Gasteiger partial charge on any atom is 0.363 e. The van der Waals surface area contributed by atoms with Gasteiger partial charge in [0.2, 0.25) is 0 Å². The molecule has 0 radical (unpaired) electrons. The standard InChI is InChI=1S/C2H2F4O6S2/c3-1(4)13(7,8)11-12-14(9,10)2(5)6/h1-2H. The van der Waals surface area contributed by atoms with Gasteiger partial charge in [-0.2, -0.15) is 34.4 Å². The molecule has 0 aromatic heterocycles. The van der Waals surface area contributed by atoms with E-state index in [9.17, 15) is 34.4 Å². The number of hydrogen-bond donors (Lipinski definition) is 0. The molecule has 0 aliphatic heterocycles. The fourth-order valence-electron chi connectivity index (χ4n) is 0.137. The maximum atomic E-state index is 11.4. The summed E-state index contributed by atoms with van der Waals surface area (Å²) in [7, 11) is -11.3. The Morgan fingerprint density at radius 1 is 0.714 bits per heavy atom. The van der Waals surface area contributed by atoms with E-state index in [1.807, 2.05) is 0 Å². The summed E-state index contributed by atoms with van der Waals surface area (Å²) in [4.78, 5) is 0. The van der Waals surface area contributed by atoms with Gasteiger partial charge in [0.05, 0.1) is 0 Å². The molecule has 6 nitrogen and oxygen atoms in total. The Balaban J connectivity index is 4.50. The Bertz CT molecular complexity index is 331. The Kier molecular flexibility index (Phi) is 4.23. The molecule has 0 unspecified atom stereocenters. The lowest BCUT2D eigenvalue weighted by molar-refractivity contribution is -0.0975. The second-order valence-corrected chi connectivity index (χ2v) is 4.60. The summed E-state index contributed by atoms with van der Waals surface area (Å²) >= 11 is 0. The minimum atomic E-state index is -5.63. The van der Waals surface area contributed by atoms with E-state index in [1.165, 1.54) is 0 Å². The third kappa shape index (κ3) is 3.73. The highest BCUT2D eigenvalue weighted by Gasteiger charge is 2.33. The van der Waals surface area contributed by atoms with Crippen molar-refractivity contribution in [2.45, 2.75) is 11.5 Å². The first-order valence-corrected chi connectivity index (χ1v) is 5.45. The highest BCUT2D eigenvalue weighted by molar-refractivity contribution is 7.89. The van der Waals surface area contributed by atoms with Crippen LogP contribution in [0.1, 0.15) is 0 Å².